The zero-order valence-electron chi connectivity index (χ0n) is 14.4. The minimum atomic E-state index is -0.0309. The highest BCUT2D eigenvalue weighted by Crippen LogP contribution is 2.31. The molecule has 0 saturated carbocycles. The molecule has 4 rings (SSSR count). The third-order valence-corrected chi connectivity index (χ3v) is 4.96. The number of carbonyl (C=O) groups excluding carboxylic acids is 1. The Morgan fingerprint density at radius 3 is 3.19 bits per heavy atom. The van der Waals surface area contributed by atoms with Crippen molar-refractivity contribution in [2.24, 2.45) is 0 Å². The summed E-state index contributed by atoms with van der Waals surface area (Å²) in [5, 5.41) is 3.69. The predicted molar refractivity (Wildman–Crippen MR) is 100 cm³/mol. The summed E-state index contributed by atoms with van der Waals surface area (Å²) in [6.45, 7) is 2.22. The van der Waals surface area contributed by atoms with Gasteiger partial charge in [0.05, 0.1) is 23.4 Å². The molecule has 7 nitrogen and oxygen atoms in total. The molecule has 0 bridgehead atoms. The van der Waals surface area contributed by atoms with Crippen molar-refractivity contribution >= 4 is 28.7 Å². The number of aromatic nitrogens is 4. The number of aryl methyl sites for hydroxylation is 1. The van der Waals surface area contributed by atoms with Crippen molar-refractivity contribution in [1.82, 2.24) is 29.7 Å². The summed E-state index contributed by atoms with van der Waals surface area (Å²) in [5.74, 6) is 0.827. The molecule has 0 radical (unpaired) electrons. The van der Waals surface area contributed by atoms with Gasteiger partial charge in [0.2, 0.25) is 0 Å². The Balaban J connectivity index is 1.38. The number of carbonyl (C=O) groups is 1. The van der Waals surface area contributed by atoms with Crippen LogP contribution in [0.15, 0.2) is 36.9 Å². The Hall–Kier alpha value is -2.54. The number of fused-ring (bicyclic) bond motifs is 1. The van der Waals surface area contributed by atoms with Gasteiger partial charge in [-0.15, -0.1) is 0 Å². The summed E-state index contributed by atoms with van der Waals surface area (Å²) in [6.07, 6.45) is 8.22. The Kier molecular flexibility index (Phi) is 4.79. The molecule has 0 unspecified atom stereocenters. The molecule has 1 aliphatic rings. The lowest BCUT2D eigenvalue weighted by atomic mass is 10.2. The normalized spacial score (nSPS) is 17.1. The molecule has 0 aliphatic carbocycles. The van der Waals surface area contributed by atoms with Gasteiger partial charge in [0, 0.05) is 37.1 Å². The second-order valence-electron chi connectivity index (χ2n) is 6.52. The molecular weight excluding hydrogens is 352 g/mol. The highest BCUT2D eigenvalue weighted by molar-refractivity contribution is 6.31. The van der Waals surface area contributed by atoms with E-state index in [9.17, 15) is 4.79 Å². The van der Waals surface area contributed by atoms with E-state index in [1.54, 1.807) is 12.5 Å². The molecule has 1 fully saturated rings. The molecule has 1 aromatic carbocycles. The molecule has 2 amide bonds. The average Bonchev–Trinajstić information content (AvgIpc) is 3.37. The van der Waals surface area contributed by atoms with Gasteiger partial charge in [-0.3, -0.25) is 0 Å². The van der Waals surface area contributed by atoms with Crippen molar-refractivity contribution in [1.29, 1.82) is 0 Å². The van der Waals surface area contributed by atoms with E-state index in [1.807, 2.05) is 33.9 Å². The zero-order valence-corrected chi connectivity index (χ0v) is 15.1. The lowest BCUT2D eigenvalue weighted by Crippen LogP contribution is -2.40. The number of halogens is 1. The summed E-state index contributed by atoms with van der Waals surface area (Å²) in [7, 11) is 0. The first-order chi connectivity index (χ1) is 12.7. The number of H-pyrrole nitrogens is 1. The number of likely N-dealkylation sites (tertiary alicyclic amines) is 1. The Morgan fingerprint density at radius 1 is 1.42 bits per heavy atom. The van der Waals surface area contributed by atoms with Crippen LogP contribution in [0.4, 0.5) is 4.79 Å². The molecule has 26 heavy (non-hydrogen) atoms. The molecule has 1 saturated heterocycles. The van der Waals surface area contributed by atoms with Crippen LogP contribution in [0, 0.1) is 0 Å². The summed E-state index contributed by atoms with van der Waals surface area (Å²) in [4.78, 5) is 26.5. The van der Waals surface area contributed by atoms with Crippen molar-refractivity contribution < 1.29 is 4.79 Å². The molecule has 3 heterocycles. The van der Waals surface area contributed by atoms with E-state index in [4.69, 9.17) is 11.6 Å². The predicted octanol–water partition coefficient (Wildman–Crippen LogP) is 3.35. The lowest BCUT2D eigenvalue weighted by molar-refractivity contribution is 0.191. The molecule has 0 spiro atoms. The van der Waals surface area contributed by atoms with Gasteiger partial charge in [0.1, 0.15) is 5.82 Å². The Morgan fingerprint density at radius 2 is 2.35 bits per heavy atom. The number of hydrogen-bond donors (Lipinski definition) is 2. The quantitative estimate of drug-likeness (QED) is 0.674. The summed E-state index contributed by atoms with van der Waals surface area (Å²) in [5.41, 5.74) is 1.78. The number of nitrogens with zero attached hydrogens (tertiary/aromatic N) is 4. The monoisotopic (exact) mass is 372 g/mol. The van der Waals surface area contributed by atoms with Gasteiger partial charge in [-0.2, -0.15) is 0 Å². The van der Waals surface area contributed by atoms with Crippen molar-refractivity contribution in [3.05, 3.63) is 47.8 Å². The summed E-state index contributed by atoms with van der Waals surface area (Å²) >= 11 is 6.05. The average molecular weight is 373 g/mol. The van der Waals surface area contributed by atoms with Gasteiger partial charge in [0.25, 0.3) is 0 Å². The Bertz CT molecular complexity index is 890. The molecule has 2 N–H and O–H groups in total. The van der Waals surface area contributed by atoms with Crippen LogP contribution in [-0.4, -0.2) is 43.5 Å². The van der Waals surface area contributed by atoms with Gasteiger partial charge in [-0.05, 0) is 37.5 Å². The first-order valence-corrected chi connectivity index (χ1v) is 9.24. The van der Waals surface area contributed by atoms with Gasteiger partial charge in [0.15, 0.2) is 0 Å². The number of hydrogen-bond acceptors (Lipinski definition) is 3. The zero-order chi connectivity index (χ0) is 17.9. The number of amides is 2. The topological polar surface area (TPSA) is 78.8 Å². The van der Waals surface area contributed by atoms with E-state index in [-0.39, 0.29) is 12.1 Å². The fraction of sp³-hybridized carbons (Fsp3) is 0.389. The van der Waals surface area contributed by atoms with E-state index < -0.39 is 0 Å². The van der Waals surface area contributed by atoms with E-state index in [0.29, 0.717) is 11.6 Å². The van der Waals surface area contributed by atoms with Crippen LogP contribution in [0.2, 0.25) is 5.02 Å². The Labute approximate surface area is 156 Å². The van der Waals surface area contributed by atoms with Crippen LogP contribution in [0.3, 0.4) is 0 Å². The molecular formula is C18H21ClN6O. The van der Waals surface area contributed by atoms with Crippen molar-refractivity contribution in [2.45, 2.75) is 31.8 Å². The van der Waals surface area contributed by atoms with Crippen LogP contribution in [0.1, 0.15) is 31.1 Å². The first kappa shape index (κ1) is 16.9. The maximum absolute atomic E-state index is 12.6. The molecule has 136 valence electrons. The van der Waals surface area contributed by atoms with Crippen molar-refractivity contribution in [3.8, 4) is 0 Å². The van der Waals surface area contributed by atoms with E-state index >= 15 is 0 Å². The summed E-state index contributed by atoms with van der Waals surface area (Å²) < 4.78 is 2.00. The van der Waals surface area contributed by atoms with E-state index in [2.05, 4.69) is 20.3 Å². The fourth-order valence-electron chi connectivity index (χ4n) is 3.43. The summed E-state index contributed by atoms with van der Waals surface area (Å²) in [6, 6.07) is 5.54. The molecule has 1 aliphatic heterocycles. The van der Waals surface area contributed by atoms with Crippen LogP contribution < -0.4 is 5.32 Å². The maximum atomic E-state index is 12.6. The standard InChI is InChI=1S/C18H21ClN6O/c19-13-4-5-14-15(11-13)23-17(22-14)16-3-1-9-25(16)18(26)21-6-2-8-24-10-7-20-12-24/h4-5,7,10-12,16H,1-3,6,8-9H2,(H,21,26)(H,22,23)/t16-/m0/s1. The third kappa shape index (κ3) is 3.53. The van der Waals surface area contributed by atoms with Gasteiger partial charge < -0.3 is 19.8 Å². The van der Waals surface area contributed by atoms with Crippen LogP contribution in [0.25, 0.3) is 11.0 Å². The van der Waals surface area contributed by atoms with Crippen LogP contribution in [0.5, 0.6) is 0 Å². The van der Waals surface area contributed by atoms with Gasteiger partial charge in [-0.25, -0.2) is 14.8 Å². The molecule has 3 aromatic rings. The van der Waals surface area contributed by atoms with Gasteiger partial charge >= 0.3 is 6.03 Å². The highest BCUT2D eigenvalue weighted by atomic mass is 35.5. The maximum Gasteiger partial charge on any atom is 0.318 e. The number of aromatic amines is 1. The van der Waals surface area contributed by atoms with Crippen LogP contribution >= 0.6 is 11.6 Å². The van der Waals surface area contributed by atoms with Crippen molar-refractivity contribution in [3.63, 3.8) is 0 Å². The second-order valence-corrected chi connectivity index (χ2v) is 6.96. The highest BCUT2D eigenvalue weighted by Gasteiger charge is 2.32. The molecule has 1 atom stereocenters. The number of urea groups is 1. The number of benzene rings is 1. The SMILES string of the molecule is O=C(NCCCn1ccnc1)N1CCC[C@H]1c1nc2ccc(Cl)cc2[nH]1. The number of rotatable bonds is 5. The minimum absolute atomic E-state index is 0.0187. The van der Waals surface area contributed by atoms with Gasteiger partial charge in [-0.1, -0.05) is 11.6 Å². The van der Waals surface area contributed by atoms with Crippen molar-refractivity contribution in [2.75, 3.05) is 13.1 Å². The minimum Gasteiger partial charge on any atom is -0.340 e. The lowest BCUT2D eigenvalue weighted by Gasteiger charge is -2.23. The van der Waals surface area contributed by atoms with E-state index in [1.165, 1.54) is 0 Å². The molecule has 8 heteroatoms. The number of nitrogens with one attached hydrogen (secondary N) is 2. The first-order valence-electron chi connectivity index (χ1n) is 8.86. The third-order valence-electron chi connectivity index (χ3n) is 4.72. The van der Waals surface area contributed by atoms with Crippen LogP contribution in [-0.2, 0) is 6.54 Å². The second kappa shape index (κ2) is 7.37. The largest absolute Gasteiger partial charge is 0.340 e. The smallest absolute Gasteiger partial charge is 0.318 e. The number of imidazole rings is 2. The molecule has 2 aromatic heterocycles. The van der Waals surface area contributed by atoms with E-state index in [0.717, 1.165) is 49.2 Å². The fourth-order valence-corrected chi connectivity index (χ4v) is 3.60.